The first-order valence-corrected chi connectivity index (χ1v) is 9.73. The molecule has 3 aliphatic rings. The molecule has 1 N–H and O–H groups in total. The van der Waals surface area contributed by atoms with E-state index in [1.54, 1.807) is 10.9 Å². The van der Waals surface area contributed by atoms with Crippen LogP contribution < -0.4 is 15.6 Å². The average molecular weight is 381 g/mol. The smallest absolute Gasteiger partial charge is 0.278 e. The van der Waals surface area contributed by atoms with Crippen LogP contribution in [-0.2, 0) is 11.3 Å². The third-order valence-electron chi connectivity index (χ3n) is 5.94. The van der Waals surface area contributed by atoms with E-state index in [9.17, 15) is 9.59 Å². The second kappa shape index (κ2) is 6.67. The van der Waals surface area contributed by atoms with E-state index >= 15 is 0 Å². The lowest BCUT2D eigenvalue weighted by Crippen LogP contribution is -2.51. The van der Waals surface area contributed by atoms with Crippen molar-refractivity contribution < 1.29 is 14.3 Å². The summed E-state index contributed by atoms with van der Waals surface area (Å²) in [7, 11) is 0. The van der Waals surface area contributed by atoms with Crippen molar-refractivity contribution in [3.05, 3.63) is 64.1 Å². The fourth-order valence-corrected chi connectivity index (χ4v) is 4.57. The van der Waals surface area contributed by atoms with Gasteiger partial charge in [0.25, 0.3) is 5.91 Å². The van der Waals surface area contributed by atoms with Gasteiger partial charge in [0, 0.05) is 30.8 Å². The summed E-state index contributed by atoms with van der Waals surface area (Å²) in [5.41, 5.74) is 4.30. The third kappa shape index (κ3) is 2.86. The van der Waals surface area contributed by atoms with Crippen molar-refractivity contribution in [2.24, 2.45) is 5.41 Å². The Kier molecular flexibility index (Phi) is 4.12. The maximum absolute atomic E-state index is 13.3. The molecule has 7 nitrogen and oxygen atoms in total. The summed E-state index contributed by atoms with van der Waals surface area (Å²) in [5.74, 6) is -0.0601. The minimum Gasteiger partial charge on any atom is -0.482 e. The molecule has 0 radical (unpaired) electrons. The van der Waals surface area contributed by atoms with Crippen LogP contribution in [0.2, 0.25) is 0 Å². The quantitative estimate of drug-likeness (QED) is 0.880. The molecule has 1 amide bonds. The number of hydrogen-bond donors (Lipinski definition) is 1. The van der Waals surface area contributed by atoms with E-state index in [1.807, 2.05) is 35.2 Å². The van der Waals surface area contributed by atoms with Crippen LogP contribution in [0.4, 0.5) is 0 Å². The Balaban J connectivity index is 1.44. The Morgan fingerprint density at radius 1 is 1.21 bits per heavy atom. The molecule has 2 aromatic rings. The van der Waals surface area contributed by atoms with Crippen molar-refractivity contribution in [2.45, 2.75) is 32.0 Å². The number of pyridine rings is 1. The van der Waals surface area contributed by atoms with Crippen molar-refractivity contribution in [3.8, 4) is 5.75 Å². The summed E-state index contributed by atoms with van der Waals surface area (Å²) in [4.78, 5) is 27.6. The molecule has 2 atom stereocenters. The zero-order valence-electron chi connectivity index (χ0n) is 15.6. The Hall–Kier alpha value is -2.80. The fraction of sp³-hybridized carbons (Fsp3) is 0.429. The molecule has 3 aliphatic heterocycles. The van der Waals surface area contributed by atoms with Gasteiger partial charge < -0.3 is 19.8 Å². The van der Waals surface area contributed by atoms with Crippen LogP contribution in [0.15, 0.2) is 47.4 Å². The summed E-state index contributed by atoms with van der Waals surface area (Å²) in [6, 6.07) is 11.0. The van der Waals surface area contributed by atoms with Gasteiger partial charge in [-0.15, -0.1) is 0 Å². The van der Waals surface area contributed by atoms with Crippen LogP contribution >= 0.6 is 0 Å². The molecule has 4 heterocycles. The van der Waals surface area contributed by atoms with Gasteiger partial charge in [0.05, 0.1) is 6.61 Å². The second-order valence-electron chi connectivity index (χ2n) is 7.94. The first-order chi connectivity index (χ1) is 13.7. The van der Waals surface area contributed by atoms with Gasteiger partial charge in [0.1, 0.15) is 12.8 Å². The van der Waals surface area contributed by atoms with E-state index in [1.165, 1.54) is 6.07 Å². The number of nitrogens with zero attached hydrogens (tertiary/aromatic N) is 2. The minimum atomic E-state index is -0.286. The van der Waals surface area contributed by atoms with E-state index in [0.717, 1.165) is 31.4 Å². The first kappa shape index (κ1) is 17.3. The van der Waals surface area contributed by atoms with Gasteiger partial charge in [0.15, 0.2) is 11.4 Å². The summed E-state index contributed by atoms with van der Waals surface area (Å²) >= 11 is 0. The van der Waals surface area contributed by atoms with Crippen LogP contribution in [0.25, 0.3) is 0 Å². The number of rotatable bonds is 3. The maximum Gasteiger partial charge on any atom is 0.278 e. The molecule has 0 saturated carbocycles. The number of benzene rings is 1. The highest BCUT2D eigenvalue weighted by Gasteiger charge is 2.50. The maximum atomic E-state index is 13.3. The van der Waals surface area contributed by atoms with Crippen LogP contribution in [-0.4, -0.2) is 41.4 Å². The summed E-state index contributed by atoms with van der Waals surface area (Å²) in [6.45, 7) is 2.35. The molecule has 0 bridgehead atoms. The summed E-state index contributed by atoms with van der Waals surface area (Å²) in [5, 5.41) is 0. The Bertz CT molecular complexity index is 950. The van der Waals surface area contributed by atoms with E-state index in [0.29, 0.717) is 13.2 Å². The lowest BCUT2D eigenvalue weighted by molar-refractivity contribution is -0.00172. The molecule has 2 unspecified atom stereocenters. The molecule has 28 heavy (non-hydrogen) atoms. The molecule has 2 saturated heterocycles. The summed E-state index contributed by atoms with van der Waals surface area (Å²) < 4.78 is 13.2. The third-order valence-corrected chi connectivity index (χ3v) is 5.94. The van der Waals surface area contributed by atoms with Crippen molar-refractivity contribution in [1.29, 1.82) is 0 Å². The van der Waals surface area contributed by atoms with E-state index in [2.05, 4.69) is 5.43 Å². The van der Waals surface area contributed by atoms with Gasteiger partial charge in [-0.05, 0) is 24.8 Å². The largest absolute Gasteiger partial charge is 0.482 e. The number of carbonyl (C=O) groups is 1. The molecular formula is C21H23N3O4. The monoisotopic (exact) mass is 381 g/mol. The van der Waals surface area contributed by atoms with Crippen LogP contribution in [0.1, 0.15) is 35.3 Å². The number of hydrogen-bond acceptors (Lipinski definition) is 5. The SMILES string of the molecule is O=C1c2c(OCc3ccccc3)c(=O)ccn2NC2CC3(CCCOC3)CN12. The molecule has 146 valence electrons. The summed E-state index contributed by atoms with van der Waals surface area (Å²) in [6.07, 6.45) is 4.45. The normalized spacial score (nSPS) is 25.9. The number of amides is 1. The number of fused-ring (bicyclic) bond motifs is 2. The minimum absolute atomic E-state index is 0.000463. The van der Waals surface area contributed by atoms with Crippen LogP contribution in [0, 0.1) is 5.41 Å². The lowest BCUT2D eigenvalue weighted by Gasteiger charge is -2.34. The predicted octanol–water partition coefficient (Wildman–Crippen LogP) is 1.95. The Morgan fingerprint density at radius 3 is 2.86 bits per heavy atom. The van der Waals surface area contributed by atoms with E-state index < -0.39 is 0 Å². The highest BCUT2D eigenvalue weighted by atomic mass is 16.5. The topological polar surface area (TPSA) is 72.8 Å². The molecule has 1 aromatic heterocycles. The molecule has 2 fully saturated rings. The molecule has 0 aliphatic carbocycles. The van der Waals surface area contributed by atoms with Crippen LogP contribution in [0.3, 0.4) is 0 Å². The van der Waals surface area contributed by atoms with Crippen molar-refractivity contribution in [1.82, 2.24) is 9.58 Å². The van der Waals surface area contributed by atoms with Gasteiger partial charge in [0.2, 0.25) is 5.43 Å². The highest BCUT2D eigenvalue weighted by Crippen LogP contribution is 2.42. The number of ether oxygens (including phenoxy) is 2. The van der Waals surface area contributed by atoms with Crippen molar-refractivity contribution in [2.75, 3.05) is 25.2 Å². The lowest BCUT2D eigenvalue weighted by atomic mass is 9.81. The number of nitrogens with one attached hydrogen (secondary N) is 1. The number of aromatic nitrogens is 1. The molecular weight excluding hydrogens is 358 g/mol. The van der Waals surface area contributed by atoms with Crippen LogP contribution in [0.5, 0.6) is 5.75 Å². The first-order valence-electron chi connectivity index (χ1n) is 9.73. The van der Waals surface area contributed by atoms with E-state index in [-0.39, 0.29) is 41.0 Å². The Morgan fingerprint density at radius 2 is 2.07 bits per heavy atom. The Labute approximate surface area is 162 Å². The van der Waals surface area contributed by atoms with E-state index in [4.69, 9.17) is 9.47 Å². The average Bonchev–Trinajstić information content (AvgIpc) is 3.07. The van der Waals surface area contributed by atoms with Gasteiger partial charge in [-0.2, -0.15) is 0 Å². The van der Waals surface area contributed by atoms with Gasteiger partial charge >= 0.3 is 0 Å². The van der Waals surface area contributed by atoms with Crippen molar-refractivity contribution >= 4 is 5.91 Å². The van der Waals surface area contributed by atoms with Crippen molar-refractivity contribution in [3.63, 3.8) is 0 Å². The number of carbonyl (C=O) groups excluding carboxylic acids is 1. The predicted molar refractivity (Wildman–Crippen MR) is 103 cm³/mol. The molecule has 5 rings (SSSR count). The standard InChI is InChI=1S/C21H23N3O4/c25-16-7-9-24-18(19(16)28-12-15-5-2-1-3-6-15)20(26)23-13-21(11-17(23)22-24)8-4-10-27-14-21/h1-3,5-7,9,17,22H,4,8,10-14H2. The van der Waals surface area contributed by atoms with Gasteiger partial charge in [-0.1, -0.05) is 30.3 Å². The fourth-order valence-electron chi connectivity index (χ4n) is 4.57. The second-order valence-corrected chi connectivity index (χ2v) is 7.94. The molecule has 1 spiro atoms. The zero-order chi connectivity index (χ0) is 19.1. The highest BCUT2D eigenvalue weighted by molar-refractivity contribution is 5.96. The molecule has 7 heteroatoms. The van der Waals surface area contributed by atoms with Gasteiger partial charge in [-0.25, -0.2) is 0 Å². The zero-order valence-corrected chi connectivity index (χ0v) is 15.6. The van der Waals surface area contributed by atoms with Gasteiger partial charge in [-0.3, -0.25) is 14.3 Å². The molecule has 1 aromatic carbocycles.